The Hall–Kier alpha value is -1.33. The normalized spacial score (nSPS) is 18.9. The minimum absolute atomic E-state index is 0.0519. The minimum atomic E-state index is -0.213. The van der Waals surface area contributed by atoms with Gasteiger partial charge < -0.3 is 11.1 Å². The lowest BCUT2D eigenvalue weighted by atomic mass is 10.1. The van der Waals surface area contributed by atoms with Crippen LogP contribution in [0.5, 0.6) is 0 Å². The third-order valence-electron chi connectivity index (χ3n) is 2.84. The molecule has 0 aliphatic carbocycles. The van der Waals surface area contributed by atoms with E-state index in [1.165, 1.54) is 11.8 Å². The lowest BCUT2D eigenvalue weighted by molar-refractivity contribution is -0.123. The highest BCUT2D eigenvalue weighted by Crippen LogP contribution is 2.23. The van der Waals surface area contributed by atoms with Gasteiger partial charge in [0.1, 0.15) is 5.78 Å². The van der Waals surface area contributed by atoms with Crippen molar-refractivity contribution in [2.45, 2.75) is 24.8 Å². The van der Waals surface area contributed by atoms with Crippen molar-refractivity contribution in [3.05, 3.63) is 35.4 Å². The predicted molar refractivity (Wildman–Crippen MR) is 72.1 cm³/mol. The molecule has 96 valence electrons. The molecule has 1 fully saturated rings. The first-order valence-corrected chi connectivity index (χ1v) is 6.93. The maximum absolute atomic E-state index is 11.8. The number of thioether (sulfide) groups is 1. The van der Waals surface area contributed by atoms with Crippen molar-refractivity contribution >= 4 is 23.5 Å². The zero-order valence-electron chi connectivity index (χ0n) is 10.0. The van der Waals surface area contributed by atoms with E-state index in [1.54, 1.807) is 0 Å². The Morgan fingerprint density at radius 3 is 2.89 bits per heavy atom. The summed E-state index contributed by atoms with van der Waals surface area (Å²) < 4.78 is 0. The monoisotopic (exact) mass is 264 g/mol. The van der Waals surface area contributed by atoms with Crippen LogP contribution >= 0.6 is 11.8 Å². The lowest BCUT2D eigenvalue weighted by Crippen LogP contribution is -2.31. The Balaban J connectivity index is 1.87. The molecule has 1 aromatic carbocycles. The smallest absolute Gasteiger partial charge is 0.233 e. The van der Waals surface area contributed by atoms with Crippen LogP contribution in [0.4, 0.5) is 0 Å². The van der Waals surface area contributed by atoms with E-state index in [-0.39, 0.29) is 16.9 Å². The molecule has 2 rings (SSSR count). The minimum Gasteiger partial charge on any atom is -0.351 e. The fourth-order valence-corrected chi connectivity index (χ4v) is 2.90. The van der Waals surface area contributed by atoms with Gasteiger partial charge in [-0.2, -0.15) is 0 Å². The Morgan fingerprint density at radius 1 is 1.44 bits per heavy atom. The molecule has 1 unspecified atom stereocenters. The highest BCUT2D eigenvalue weighted by atomic mass is 32.2. The highest BCUT2D eigenvalue weighted by molar-refractivity contribution is 8.01. The standard InChI is InChI=1S/C13H16N2O2S/c14-6-9-2-1-3-10(4-9)7-15-13(17)12-5-11(16)8-18-12/h1-4,12H,5-8,14H2,(H,15,17). The van der Waals surface area contributed by atoms with Gasteiger partial charge in [-0.3, -0.25) is 9.59 Å². The van der Waals surface area contributed by atoms with Crippen LogP contribution in [-0.4, -0.2) is 22.7 Å². The summed E-state index contributed by atoms with van der Waals surface area (Å²) in [5, 5.41) is 2.65. The molecular formula is C13H16N2O2S. The quantitative estimate of drug-likeness (QED) is 0.845. The molecule has 0 bridgehead atoms. The number of carbonyl (C=O) groups excluding carboxylic acids is 2. The summed E-state index contributed by atoms with van der Waals surface area (Å²) in [6.45, 7) is 0.979. The molecule has 18 heavy (non-hydrogen) atoms. The molecule has 1 aromatic rings. The van der Waals surface area contributed by atoms with Crippen LogP contribution in [-0.2, 0) is 22.7 Å². The van der Waals surface area contributed by atoms with Gasteiger partial charge in [0.25, 0.3) is 0 Å². The van der Waals surface area contributed by atoms with Crippen LogP contribution in [0.1, 0.15) is 17.5 Å². The largest absolute Gasteiger partial charge is 0.351 e. The number of hydrogen-bond donors (Lipinski definition) is 2. The molecule has 1 heterocycles. The Labute approximate surface area is 110 Å². The van der Waals surface area contributed by atoms with Crippen LogP contribution in [0.2, 0.25) is 0 Å². The van der Waals surface area contributed by atoms with E-state index < -0.39 is 0 Å². The van der Waals surface area contributed by atoms with E-state index in [2.05, 4.69) is 5.32 Å². The topological polar surface area (TPSA) is 72.2 Å². The Kier molecular flexibility index (Phi) is 4.38. The van der Waals surface area contributed by atoms with Gasteiger partial charge >= 0.3 is 0 Å². The Morgan fingerprint density at radius 2 is 2.22 bits per heavy atom. The second kappa shape index (κ2) is 6.02. The zero-order chi connectivity index (χ0) is 13.0. The molecule has 0 aromatic heterocycles. The molecule has 4 nitrogen and oxygen atoms in total. The number of carbonyl (C=O) groups is 2. The van der Waals surface area contributed by atoms with E-state index in [1.807, 2.05) is 24.3 Å². The predicted octanol–water partition coefficient (Wildman–Crippen LogP) is 0.836. The van der Waals surface area contributed by atoms with Crippen molar-refractivity contribution in [3.8, 4) is 0 Å². The van der Waals surface area contributed by atoms with Crippen LogP contribution in [0.15, 0.2) is 24.3 Å². The van der Waals surface area contributed by atoms with E-state index in [4.69, 9.17) is 5.73 Å². The molecule has 1 atom stereocenters. The molecular weight excluding hydrogens is 248 g/mol. The average molecular weight is 264 g/mol. The van der Waals surface area contributed by atoms with Crippen molar-refractivity contribution in [1.82, 2.24) is 5.32 Å². The summed E-state index contributed by atoms with van der Waals surface area (Å²) >= 11 is 1.42. The van der Waals surface area contributed by atoms with Crippen molar-refractivity contribution in [2.24, 2.45) is 5.73 Å². The number of nitrogens with one attached hydrogen (secondary N) is 1. The van der Waals surface area contributed by atoms with Gasteiger partial charge in [0, 0.05) is 19.5 Å². The molecule has 0 spiro atoms. The molecule has 1 aliphatic heterocycles. The summed E-state index contributed by atoms with van der Waals surface area (Å²) in [7, 11) is 0. The third kappa shape index (κ3) is 3.34. The van der Waals surface area contributed by atoms with Gasteiger partial charge in [0.05, 0.1) is 11.0 Å². The first-order chi connectivity index (χ1) is 8.69. The highest BCUT2D eigenvalue weighted by Gasteiger charge is 2.28. The number of ketones is 1. The molecule has 1 saturated heterocycles. The van der Waals surface area contributed by atoms with Crippen molar-refractivity contribution in [3.63, 3.8) is 0 Å². The fraction of sp³-hybridized carbons (Fsp3) is 0.385. The molecule has 0 saturated carbocycles. The number of rotatable bonds is 4. The van der Waals surface area contributed by atoms with E-state index in [9.17, 15) is 9.59 Å². The summed E-state index contributed by atoms with van der Waals surface area (Å²) in [4.78, 5) is 22.9. The number of amides is 1. The molecule has 5 heteroatoms. The van der Waals surface area contributed by atoms with Gasteiger partial charge in [-0.05, 0) is 11.1 Å². The fourth-order valence-electron chi connectivity index (χ4n) is 1.86. The molecule has 1 amide bonds. The zero-order valence-corrected chi connectivity index (χ0v) is 10.8. The van der Waals surface area contributed by atoms with Crippen molar-refractivity contribution in [1.29, 1.82) is 0 Å². The van der Waals surface area contributed by atoms with Crippen LogP contribution in [0.3, 0.4) is 0 Å². The molecule has 1 aliphatic rings. The maximum Gasteiger partial charge on any atom is 0.233 e. The van der Waals surface area contributed by atoms with Crippen LogP contribution < -0.4 is 11.1 Å². The number of Topliss-reactive ketones (excluding diaryl/α,β-unsaturated/α-hetero) is 1. The van der Waals surface area contributed by atoms with Crippen molar-refractivity contribution < 1.29 is 9.59 Å². The summed E-state index contributed by atoms with van der Waals surface area (Å²) in [6.07, 6.45) is 0.360. The third-order valence-corrected chi connectivity index (χ3v) is 4.12. The first kappa shape index (κ1) is 13.1. The SMILES string of the molecule is NCc1cccc(CNC(=O)C2CC(=O)CS2)c1. The van der Waals surface area contributed by atoms with Gasteiger partial charge in [0.2, 0.25) is 5.91 Å². The molecule has 0 radical (unpaired) electrons. The number of nitrogens with two attached hydrogens (primary N) is 1. The van der Waals surface area contributed by atoms with E-state index in [0.29, 0.717) is 25.3 Å². The lowest BCUT2D eigenvalue weighted by Gasteiger charge is -2.10. The first-order valence-electron chi connectivity index (χ1n) is 5.88. The maximum atomic E-state index is 11.8. The average Bonchev–Trinajstić information content (AvgIpc) is 2.83. The second-order valence-electron chi connectivity index (χ2n) is 4.28. The molecule has 3 N–H and O–H groups in total. The summed E-state index contributed by atoms with van der Waals surface area (Å²) in [5.41, 5.74) is 7.64. The van der Waals surface area contributed by atoms with Crippen LogP contribution in [0, 0.1) is 0 Å². The Bertz CT molecular complexity index is 462. The van der Waals surface area contributed by atoms with Gasteiger partial charge in [0.15, 0.2) is 0 Å². The number of hydrogen-bond acceptors (Lipinski definition) is 4. The summed E-state index contributed by atoms with van der Waals surface area (Å²) in [6, 6.07) is 7.81. The van der Waals surface area contributed by atoms with E-state index in [0.717, 1.165) is 11.1 Å². The second-order valence-corrected chi connectivity index (χ2v) is 5.48. The van der Waals surface area contributed by atoms with Gasteiger partial charge in [-0.15, -0.1) is 11.8 Å². The number of benzene rings is 1. The van der Waals surface area contributed by atoms with E-state index >= 15 is 0 Å². The van der Waals surface area contributed by atoms with Gasteiger partial charge in [-0.25, -0.2) is 0 Å². The summed E-state index contributed by atoms with van der Waals surface area (Å²) in [5.74, 6) is 0.565. The van der Waals surface area contributed by atoms with Crippen LogP contribution in [0.25, 0.3) is 0 Å². The van der Waals surface area contributed by atoms with Crippen molar-refractivity contribution in [2.75, 3.05) is 5.75 Å². The van der Waals surface area contributed by atoms with Gasteiger partial charge in [-0.1, -0.05) is 24.3 Å².